The van der Waals surface area contributed by atoms with E-state index >= 15 is 0 Å². The van der Waals surface area contributed by atoms with Gasteiger partial charge in [0.15, 0.2) is 0 Å². The largest absolute Gasteiger partial charge is 0.465 e. The Morgan fingerprint density at radius 2 is 2.16 bits per heavy atom. The number of H-pyrrole nitrogens is 1. The molecular weight excluding hydrogens is 274 g/mol. The molecule has 8 heteroatoms. The van der Waals surface area contributed by atoms with E-state index in [1.54, 1.807) is 0 Å². The zero-order valence-electron chi connectivity index (χ0n) is 9.71. The molecule has 19 heavy (non-hydrogen) atoms. The van der Waals surface area contributed by atoms with Gasteiger partial charge in [0.25, 0.3) is 5.56 Å². The summed E-state index contributed by atoms with van der Waals surface area (Å²) in [5, 5.41) is 3.86. The van der Waals surface area contributed by atoms with E-state index in [1.165, 1.54) is 25.3 Å². The minimum atomic E-state index is -0.717. The molecule has 98 valence electrons. The number of ether oxygens (including phenoxy) is 1. The van der Waals surface area contributed by atoms with E-state index in [-0.39, 0.29) is 16.3 Å². The summed E-state index contributed by atoms with van der Waals surface area (Å²) in [7, 11) is 1.22. The molecule has 0 aliphatic rings. The Morgan fingerprint density at radius 3 is 2.79 bits per heavy atom. The van der Waals surface area contributed by atoms with E-state index in [0.29, 0.717) is 0 Å². The Morgan fingerprint density at radius 1 is 1.42 bits per heavy atom. The fourth-order valence-corrected chi connectivity index (χ4v) is 1.64. The molecule has 1 heterocycles. The highest BCUT2D eigenvalue weighted by Crippen LogP contribution is 2.19. The third kappa shape index (κ3) is 2.55. The van der Waals surface area contributed by atoms with Crippen LogP contribution in [0.3, 0.4) is 0 Å². The summed E-state index contributed by atoms with van der Waals surface area (Å²) < 4.78 is 5.50. The molecule has 1 aromatic carbocycles. The highest BCUT2D eigenvalue weighted by Gasteiger charge is 2.13. The number of benzene rings is 1. The molecule has 0 aliphatic carbocycles. The van der Waals surface area contributed by atoms with Crippen LogP contribution in [0.4, 0.5) is 0 Å². The number of esters is 1. The van der Waals surface area contributed by atoms with Crippen LogP contribution >= 0.6 is 11.6 Å². The van der Waals surface area contributed by atoms with Crippen LogP contribution in [-0.2, 0) is 4.74 Å². The average Bonchev–Trinajstić information content (AvgIpc) is 2.39. The first-order chi connectivity index (χ1) is 9.02. The Labute approximate surface area is 111 Å². The number of aromatic amines is 1. The fourth-order valence-electron chi connectivity index (χ4n) is 1.45. The molecule has 0 unspecified atom stereocenters. The van der Waals surface area contributed by atoms with Crippen LogP contribution in [0.1, 0.15) is 10.4 Å². The maximum atomic E-state index is 11.6. The van der Waals surface area contributed by atoms with Crippen molar-refractivity contribution in [2.24, 2.45) is 0 Å². The number of nitrogens with zero attached hydrogens (tertiary/aromatic N) is 2. The van der Waals surface area contributed by atoms with Gasteiger partial charge in [-0.15, -0.1) is 0 Å². The van der Waals surface area contributed by atoms with Crippen LogP contribution in [0.2, 0.25) is 5.02 Å². The van der Waals surface area contributed by atoms with Gasteiger partial charge in [0.05, 0.1) is 23.4 Å². The van der Waals surface area contributed by atoms with Crippen LogP contribution in [-0.4, -0.2) is 27.8 Å². The first kappa shape index (κ1) is 13.0. The first-order valence-corrected chi connectivity index (χ1v) is 5.47. The normalized spacial score (nSPS) is 10.2. The van der Waals surface area contributed by atoms with Gasteiger partial charge in [-0.2, -0.15) is 9.78 Å². The number of nitrogens with one attached hydrogen (secondary N) is 1. The summed E-state index contributed by atoms with van der Waals surface area (Å²) >= 11 is 5.86. The van der Waals surface area contributed by atoms with Gasteiger partial charge < -0.3 is 4.74 Å². The van der Waals surface area contributed by atoms with Crippen molar-refractivity contribution in [3.05, 3.63) is 55.8 Å². The number of hydrogen-bond donors (Lipinski definition) is 1. The van der Waals surface area contributed by atoms with Crippen molar-refractivity contribution < 1.29 is 9.53 Å². The zero-order valence-corrected chi connectivity index (χ0v) is 10.5. The molecule has 7 nitrogen and oxygen atoms in total. The predicted molar refractivity (Wildman–Crippen MR) is 66.8 cm³/mol. The second-order valence-corrected chi connectivity index (χ2v) is 3.91. The molecule has 0 spiro atoms. The molecule has 0 amide bonds. The van der Waals surface area contributed by atoms with Crippen LogP contribution in [0.5, 0.6) is 0 Å². The highest BCUT2D eigenvalue weighted by molar-refractivity contribution is 6.33. The molecule has 1 aromatic heterocycles. The van der Waals surface area contributed by atoms with Gasteiger partial charge in [0.2, 0.25) is 0 Å². The van der Waals surface area contributed by atoms with Crippen molar-refractivity contribution in [2.45, 2.75) is 0 Å². The minimum Gasteiger partial charge on any atom is -0.465 e. The fraction of sp³-hybridized carbons (Fsp3) is 0.0909. The predicted octanol–water partition coefficient (Wildman–Crippen LogP) is 0.361. The molecule has 0 saturated carbocycles. The van der Waals surface area contributed by atoms with Crippen LogP contribution < -0.4 is 11.2 Å². The van der Waals surface area contributed by atoms with Crippen LogP contribution in [0.25, 0.3) is 5.69 Å². The molecule has 0 radical (unpaired) electrons. The lowest BCUT2D eigenvalue weighted by Crippen LogP contribution is -2.30. The summed E-state index contributed by atoms with van der Waals surface area (Å²) in [6, 6.07) is 4.27. The maximum absolute atomic E-state index is 11.6. The summed E-state index contributed by atoms with van der Waals surface area (Å²) in [4.78, 5) is 36.0. The number of aromatic nitrogens is 3. The summed E-state index contributed by atoms with van der Waals surface area (Å²) in [6.07, 6.45) is 0.952. The topological polar surface area (TPSA) is 94.1 Å². The smallest absolute Gasteiger partial charge is 0.349 e. The Bertz CT molecular complexity index is 750. The molecule has 1 N–H and O–H groups in total. The van der Waals surface area contributed by atoms with E-state index in [1.807, 2.05) is 0 Å². The lowest BCUT2D eigenvalue weighted by atomic mass is 10.2. The van der Waals surface area contributed by atoms with Gasteiger partial charge in [0, 0.05) is 0 Å². The highest BCUT2D eigenvalue weighted by atomic mass is 35.5. The van der Waals surface area contributed by atoms with Crippen LogP contribution in [0.15, 0.2) is 34.0 Å². The standard InChI is InChI=1S/C11H8ClN3O4/c1-19-10(17)7-4-6(2-3-8(7)12)15-11(18)14-9(16)5-13-15/h2-5H,1H3,(H,14,16,18). The molecule has 0 bridgehead atoms. The SMILES string of the molecule is COC(=O)c1cc(-n2ncc(=O)[nH]c2=O)ccc1Cl. The number of carbonyl (C=O) groups excluding carboxylic acids is 1. The third-order valence-corrected chi connectivity index (χ3v) is 2.64. The van der Waals surface area contributed by atoms with Crippen LogP contribution in [0, 0.1) is 0 Å². The second kappa shape index (κ2) is 5.07. The van der Waals surface area contributed by atoms with Gasteiger partial charge >= 0.3 is 11.7 Å². The van der Waals surface area contributed by atoms with Crippen molar-refractivity contribution in [3.63, 3.8) is 0 Å². The molecule has 0 fully saturated rings. The summed E-state index contributed by atoms with van der Waals surface area (Å²) in [5.74, 6) is -0.635. The lowest BCUT2D eigenvalue weighted by molar-refractivity contribution is 0.0601. The van der Waals surface area contributed by atoms with Crippen molar-refractivity contribution in [3.8, 4) is 5.69 Å². The molecule has 0 saturated heterocycles. The molecule has 2 aromatic rings. The number of hydrogen-bond acceptors (Lipinski definition) is 5. The Hall–Kier alpha value is -2.41. The van der Waals surface area contributed by atoms with E-state index in [4.69, 9.17) is 11.6 Å². The van der Waals surface area contributed by atoms with Crippen molar-refractivity contribution >= 4 is 17.6 Å². The number of rotatable bonds is 2. The van der Waals surface area contributed by atoms with E-state index in [2.05, 4.69) is 14.8 Å². The number of halogens is 1. The summed E-state index contributed by atoms with van der Waals surface area (Å²) in [5.41, 5.74) is -0.943. The average molecular weight is 282 g/mol. The summed E-state index contributed by atoms with van der Waals surface area (Å²) in [6.45, 7) is 0. The number of carbonyl (C=O) groups is 1. The monoisotopic (exact) mass is 281 g/mol. The van der Waals surface area contributed by atoms with Crippen molar-refractivity contribution in [1.29, 1.82) is 0 Å². The van der Waals surface area contributed by atoms with Gasteiger partial charge in [-0.1, -0.05) is 11.6 Å². The van der Waals surface area contributed by atoms with E-state index in [9.17, 15) is 14.4 Å². The third-order valence-electron chi connectivity index (χ3n) is 2.31. The molecule has 0 atom stereocenters. The van der Waals surface area contributed by atoms with Gasteiger partial charge in [-0.25, -0.2) is 9.59 Å². The van der Waals surface area contributed by atoms with Gasteiger partial charge in [-0.05, 0) is 18.2 Å². The van der Waals surface area contributed by atoms with Crippen molar-refractivity contribution in [2.75, 3.05) is 7.11 Å². The quantitative estimate of drug-likeness (QED) is 0.802. The molecule has 2 rings (SSSR count). The Balaban J connectivity index is 2.61. The van der Waals surface area contributed by atoms with E-state index < -0.39 is 17.2 Å². The molecule has 0 aliphatic heterocycles. The first-order valence-electron chi connectivity index (χ1n) is 5.10. The second-order valence-electron chi connectivity index (χ2n) is 3.51. The van der Waals surface area contributed by atoms with Gasteiger partial charge in [-0.3, -0.25) is 9.78 Å². The molecular formula is C11H8ClN3O4. The van der Waals surface area contributed by atoms with Gasteiger partial charge in [0.1, 0.15) is 6.20 Å². The minimum absolute atomic E-state index is 0.0987. The zero-order chi connectivity index (χ0) is 14.0. The lowest BCUT2D eigenvalue weighted by Gasteiger charge is -2.06. The van der Waals surface area contributed by atoms with E-state index in [0.717, 1.165) is 10.9 Å². The Kier molecular flexibility index (Phi) is 3.48. The van der Waals surface area contributed by atoms with Crippen molar-refractivity contribution in [1.82, 2.24) is 14.8 Å². The maximum Gasteiger partial charge on any atom is 0.349 e. The number of methoxy groups -OCH3 is 1.